The summed E-state index contributed by atoms with van der Waals surface area (Å²) in [6.45, 7) is 2.17. The predicted molar refractivity (Wildman–Crippen MR) is 92.7 cm³/mol. The van der Waals surface area contributed by atoms with E-state index in [1.807, 2.05) is 12.1 Å². The second-order valence-electron chi connectivity index (χ2n) is 7.59. The summed E-state index contributed by atoms with van der Waals surface area (Å²) < 4.78 is 5.57. The Labute approximate surface area is 148 Å². The molecular weight excluding hydrogens is 320 g/mol. The maximum Gasteiger partial charge on any atom is 0.308 e. The summed E-state index contributed by atoms with van der Waals surface area (Å²) in [7, 11) is 3.72. The van der Waals surface area contributed by atoms with E-state index in [-0.39, 0.29) is 42.7 Å². The van der Waals surface area contributed by atoms with E-state index in [4.69, 9.17) is 4.74 Å². The molecule has 2 fully saturated rings. The molecule has 2 saturated heterocycles. The predicted octanol–water partition coefficient (Wildman–Crippen LogP) is 1.13. The highest BCUT2D eigenvalue weighted by atomic mass is 16.5. The quantitative estimate of drug-likeness (QED) is 0.855. The zero-order valence-corrected chi connectivity index (χ0v) is 14.9. The molecule has 3 heterocycles. The van der Waals surface area contributed by atoms with E-state index < -0.39 is 5.97 Å². The number of ether oxygens (including phenoxy) is 1. The third-order valence-corrected chi connectivity index (χ3v) is 6.69. The Morgan fingerprint density at radius 2 is 2.12 bits per heavy atom. The number of methoxy groups -OCH3 is 1. The van der Waals surface area contributed by atoms with Crippen LogP contribution < -0.4 is 4.74 Å². The Hall–Kier alpha value is -1.63. The summed E-state index contributed by atoms with van der Waals surface area (Å²) in [4.78, 5) is 16.5. The van der Waals surface area contributed by atoms with Crippen molar-refractivity contribution in [3.8, 4) is 5.75 Å². The third kappa shape index (κ3) is 2.24. The highest BCUT2D eigenvalue weighted by Crippen LogP contribution is 2.49. The first-order chi connectivity index (χ1) is 12.0. The minimum absolute atomic E-state index is 0.00903. The Kier molecular flexibility index (Phi) is 4.02. The van der Waals surface area contributed by atoms with Gasteiger partial charge in [-0.1, -0.05) is 12.1 Å². The molecule has 6 heteroatoms. The lowest BCUT2D eigenvalue weighted by molar-refractivity contribution is -0.144. The van der Waals surface area contributed by atoms with Crippen LogP contribution in [0.3, 0.4) is 0 Å². The van der Waals surface area contributed by atoms with Gasteiger partial charge in [-0.3, -0.25) is 14.6 Å². The number of hydrogen-bond acceptors (Lipinski definition) is 5. The number of aliphatic hydroxyl groups excluding tert-OH is 1. The van der Waals surface area contributed by atoms with Crippen LogP contribution in [0.2, 0.25) is 0 Å². The monoisotopic (exact) mass is 346 g/mol. The Morgan fingerprint density at radius 3 is 2.76 bits per heavy atom. The maximum absolute atomic E-state index is 11.9. The van der Waals surface area contributed by atoms with Gasteiger partial charge in [-0.25, -0.2) is 0 Å². The molecule has 0 aliphatic carbocycles. The number of carboxylic acid groups (broad SMARTS) is 1. The standard InChI is InChI=1S/C19H26N2O4/c1-10-13-8-12(19(23)24)18(20(13)2)14-7-11-5-4-6-16(25-3)17(11)15(9-22)21(10)14/h4-6,10,12-15,18,22H,7-9H2,1-3H3,(H,23,24). The van der Waals surface area contributed by atoms with Gasteiger partial charge in [0.15, 0.2) is 0 Å². The molecule has 4 rings (SSSR count). The molecule has 2 bridgehead atoms. The summed E-state index contributed by atoms with van der Waals surface area (Å²) in [6, 6.07) is 6.31. The normalized spacial score (nSPS) is 37.4. The fourth-order valence-electron chi connectivity index (χ4n) is 5.70. The zero-order chi connectivity index (χ0) is 17.9. The van der Waals surface area contributed by atoms with Crippen LogP contribution in [-0.2, 0) is 11.2 Å². The van der Waals surface area contributed by atoms with Crippen LogP contribution in [0, 0.1) is 5.92 Å². The zero-order valence-electron chi connectivity index (χ0n) is 14.9. The molecule has 0 spiro atoms. The van der Waals surface area contributed by atoms with Gasteiger partial charge in [0.1, 0.15) is 5.75 Å². The summed E-state index contributed by atoms with van der Waals surface area (Å²) in [6.07, 6.45) is 1.47. The topological polar surface area (TPSA) is 73.2 Å². The average Bonchev–Trinajstić information content (AvgIpc) is 2.89. The number of likely N-dealkylation sites (N-methyl/N-ethyl adjacent to an activating group) is 1. The highest BCUT2D eigenvalue weighted by molar-refractivity contribution is 5.72. The van der Waals surface area contributed by atoms with Crippen molar-refractivity contribution < 1.29 is 19.7 Å². The van der Waals surface area contributed by atoms with E-state index in [0.29, 0.717) is 6.42 Å². The molecule has 2 N–H and O–H groups in total. The first-order valence-corrected chi connectivity index (χ1v) is 8.98. The minimum atomic E-state index is -0.703. The Bertz CT molecular complexity index is 694. The van der Waals surface area contributed by atoms with Gasteiger partial charge in [0.05, 0.1) is 25.7 Å². The average molecular weight is 346 g/mol. The molecule has 6 nitrogen and oxygen atoms in total. The van der Waals surface area contributed by atoms with E-state index in [1.165, 1.54) is 0 Å². The van der Waals surface area contributed by atoms with E-state index in [2.05, 4.69) is 29.8 Å². The number of piperazine rings is 1. The van der Waals surface area contributed by atoms with E-state index in [0.717, 1.165) is 23.3 Å². The molecule has 0 aromatic heterocycles. The van der Waals surface area contributed by atoms with Crippen molar-refractivity contribution in [1.82, 2.24) is 9.80 Å². The number of carbonyl (C=O) groups is 1. The molecule has 136 valence electrons. The molecule has 6 unspecified atom stereocenters. The van der Waals surface area contributed by atoms with Crippen molar-refractivity contribution in [3.05, 3.63) is 29.3 Å². The number of fused-ring (bicyclic) bond motifs is 5. The fraction of sp³-hybridized carbons (Fsp3) is 0.632. The van der Waals surface area contributed by atoms with Crippen LogP contribution in [0.25, 0.3) is 0 Å². The van der Waals surface area contributed by atoms with Gasteiger partial charge in [0, 0.05) is 29.7 Å². The molecular formula is C19H26N2O4. The molecule has 0 amide bonds. The molecule has 1 aromatic rings. The lowest BCUT2D eigenvalue weighted by Crippen LogP contribution is -2.66. The van der Waals surface area contributed by atoms with Crippen molar-refractivity contribution >= 4 is 5.97 Å². The number of carboxylic acids is 1. The van der Waals surface area contributed by atoms with Crippen molar-refractivity contribution in [1.29, 1.82) is 0 Å². The summed E-state index contributed by atoms with van der Waals surface area (Å²) in [5.74, 6) is -0.243. The number of hydrogen-bond donors (Lipinski definition) is 2. The Morgan fingerprint density at radius 1 is 1.36 bits per heavy atom. The van der Waals surface area contributed by atoms with Gasteiger partial charge >= 0.3 is 5.97 Å². The maximum atomic E-state index is 11.9. The summed E-state index contributed by atoms with van der Waals surface area (Å²) in [5.41, 5.74) is 2.22. The molecule has 6 atom stereocenters. The fourth-order valence-corrected chi connectivity index (χ4v) is 5.70. The van der Waals surface area contributed by atoms with Gasteiger partial charge in [-0.2, -0.15) is 0 Å². The Balaban J connectivity index is 1.83. The number of aliphatic carboxylic acids is 1. The molecule has 3 aliphatic rings. The SMILES string of the molecule is COc1cccc2c1C(CO)N1C(C)C3CC(C(=O)O)C(C1C2)N3C. The summed E-state index contributed by atoms with van der Waals surface area (Å²) >= 11 is 0. The third-order valence-electron chi connectivity index (χ3n) is 6.69. The van der Waals surface area contributed by atoms with Gasteiger partial charge in [0.2, 0.25) is 0 Å². The largest absolute Gasteiger partial charge is 0.496 e. The van der Waals surface area contributed by atoms with E-state index in [1.54, 1.807) is 7.11 Å². The van der Waals surface area contributed by atoms with Crippen molar-refractivity contribution in [2.24, 2.45) is 5.92 Å². The van der Waals surface area contributed by atoms with Crippen LogP contribution in [0.4, 0.5) is 0 Å². The second-order valence-corrected chi connectivity index (χ2v) is 7.59. The number of aliphatic hydroxyl groups is 1. The smallest absolute Gasteiger partial charge is 0.308 e. The van der Waals surface area contributed by atoms with Crippen molar-refractivity contribution in [2.75, 3.05) is 20.8 Å². The minimum Gasteiger partial charge on any atom is -0.496 e. The van der Waals surface area contributed by atoms with Gasteiger partial charge in [-0.05, 0) is 38.4 Å². The van der Waals surface area contributed by atoms with Crippen LogP contribution in [0.15, 0.2) is 18.2 Å². The van der Waals surface area contributed by atoms with Crippen LogP contribution in [0.1, 0.15) is 30.5 Å². The van der Waals surface area contributed by atoms with Crippen molar-refractivity contribution in [2.45, 2.75) is 50.0 Å². The lowest BCUT2D eigenvalue weighted by Gasteiger charge is -2.55. The van der Waals surface area contributed by atoms with Crippen LogP contribution >= 0.6 is 0 Å². The second kappa shape index (κ2) is 5.97. The molecule has 0 saturated carbocycles. The highest BCUT2D eigenvalue weighted by Gasteiger charge is 2.58. The van der Waals surface area contributed by atoms with Crippen LogP contribution in [0.5, 0.6) is 5.75 Å². The summed E-state index contributed by atoms with van der Waals surface area (Å²) in [5, 5.41) is 20.0. The first kappa shape index (κ1) is 16.8. The number of rotatable bonds is 3. The van der Waals surface area contributed by atoms with Gasteiger partial charge in [0.25, 0.3) is 0 Å². The van der Waals surface area contributed by atoms with Gasteiger partial charge in [-0.15, -0.1) is 0 Å². The number of nitrogens with zero attached hydrogens (tertiary/aromatic N) is 2. The van der Waals surface area contributed by atoms with Gasteiger partial charge < -0.3 is 14.9 Å². The van der Waals surface area contributed by atoms with Crippen LogP contribution in [-0.4, -0.2) is 70.9 Å². The molecule has 1 aromatic carbocycles. The first-order valence-electron chi connectivity index (χ1n) is 8.98. The number of benzene rings is 1. The van der Waals surface area contributed by atoms with E-state index >= 15 is 0 Å². The molecule has 0 radical (unpaired) electrons. The van der Waals surface area contributed by atoms with E-state index in [9.17, 15) is 15.0 Å². The van der Waals surface area contributed by atoms with Crippen molar-refractivity contribution in [3.63, 3.8) is 0 Å². The molecule has 3 aliphatic heterocycles. The lowest BCUT2D eigenvalue weighted by atomic mass is 9.80. The molecule has 25 heavy (non-hydrogen) atoms.